The van der Waals surface area contributed by atoms with Crippen LogP contribution in [0.25, 0.3) is 0 Å². The fourth-order valence-corrected chi connectivity index (χ4v) is 2.55. The van der Waals surface area contributed by atoms with Crippen molar-refractivity contribution in [2.24, 2.45) is 5.92 Å². The average molecular weight is 275 g/mol. The van der Waals surface area contributed by atoms with Gasteiger partial charge in [0.25, 0.3) is 0 Å². The van der Waals surface area contributed by atoms with E-state index in [1.807, 2.05) is 0 Å². The van der Waals surface area contributed by atoms with Crippen LogP contribution in [0.2, 0.25) is 0 Å². The molecule has 2 rings (SSSR count). The molecule has 112 valence electrons. The van der Waals surface area contributed by atoms with Crippen LogP contribution in [-0.4, -0.2) is 25.8 Å². The molecule has 1 aromatic carbocycles. The van der Waals surface area contributed by atoms with E-state index in [2.05, 4.69) is 50.4 Å². The van der Waals surface area contributed by atoms with E-state index in [9.17, 15) is 0 Å². The fourth-order valence-electron chi connectivity index (χ4n) is 2.55. The third-order valence-corrected chi connectivity index (χ3v) is 3.92. The molecule has 1 aromatic rings. The van der Waals surface area contributed by atoms with Crippen LogP contribution >= 0.6 is 0 Å². The number of aryl methyl sites for hydroxylation is 1. The minimum Gasteiger partial charge on any atom is -0.381 e. The Morgan fingerprint density at radius 2 is 2.00 bits per heavy atom. The van der Waals surface area contributed by atoms with Gasteiger partial charge in [0.1, 0.15) is 0 Å². The molecular weight excluding hydrogens is 246 g/mol. The first-order valence-electron chi connectivity index (χ1n) is 8.03. The predicted octanol–water partition coefficient (Wildman–Crippen LogP) is 3.89. The van der Waals surface area contributed by atoms with Crippen molar-refractivity contribution in [1.29, 1.82) is 0 Å². The summed E-state index contributed by atoms with van der Waals surface area (Å²) in [6, 6.07) is 9.55. The first-order valence-corrected chi connectivity index (χ1v) is 8.03. The molecule has 1 saturated carbocycles. The summed E-state index contributed by atoms with van der Waals surface area (Å²) in [4.78, 5) is 0. The zero-order chi connectivity index (χ0) is 14.4. The molecule has 1 aliphatic carbocycles. The van der Waals surface area contributed by atoms with Crippen molar-refractivity contribution < 1.29 is 4.74 Å². The SMILES string of the molecule is Cc1ccccc1C(CCOCC(C)C)CNC1CC1. The number of rotatable bonds is 9. The monoisotopic (exact) mass is 275 g/mol. The maximum absolute atomic E-state index is 5.78. The van der Waals surface area contributed by atoms with Crippen LogP contribution in [0.4, 0.5) is 0 Å². The molecule has 0 heterocycles. The molecule has 1 N–H and O–H groups in total. The molecule has 0 radical (unpaired) electrons. The zero-order valence-electron chi connectivity index (χ0n) is 13.2. The minimum absolute atomic E-state index is 0.573. The lowest BCUT2D eigenvalue weighted by Gasteiger charge is -2.20. The topological polar surface area (TPSA) is 21.3 Å². The molecular formula is C18H29NO. The van der Waals surface area contributed by atoms with Crippen LogP contribution in [0.1, 0.15) is 50.2 Å². The third-order valence-electron chi connectivity index (χ3n) is 3.92. The smallest absolute Gasteiger partial charge is 0.0488 e. The Labute approximate surface area is 123 Å². The summed E-state index contributed by atoms with van der Waals surface area (Å²) < 4.78 is 5.78. The number of hydrogen-bond donors (Lipinski definition) is 1. The highest BCUT2D eigenvalue weighted by atomic mass is 16.5. The van der Waals surface area contributed by atoms with Crippen molar-refractivity contribution in [2.75, 3.05) is 19.8 Å². The average Bonchev–Trinajstić information content (AvgIpc) is 3.23. The Kier molecular flexibility index (Phi) is 6.06. The molecule has 0 aromatic heterocycles. The summed E-state index contributed by atoms with van der Waals surface area (Å²) in [7, 11) is 0. The van der Waals surface area contributed by atoms with E-state index in [0.717, 1.165) is 32.2 Å². The molecule has 1 fully saturated rings. The van der Waals surface area contributed by atoms with Crippen LogP contribution in [0.15, 0.2) is 24.3 Å². The summed E-state index contributed by atoms with van der Waals surface area (Å²) in [5, 5.41) is 3.68. The third kappa shape index (κ3) is 5.26. The van der Waals surface area contributed by atoms with Crippen LogP contribution in [0.3, 0.4) is 0 Å². The molecule has 0 saturated heterocycles. The van der Waals surface area contributed by atoms with E-state index in [1.165, 1.54) is 24.0 Å². The van der Waals surface area contributed by atoms with Crippen LogP contribution in [0, 0.1) is 12.8 Å². The van der Waals surface area contributed by atoms with Gasteiger partial charge in [-0.15, -0.1) is 0 Å². The summed E-state index contributed by atoms with van der Waals surface area (Å²) in [5.74, 6) is 1.19. The Bertz CT molecular complexity index is 398. The molecule has 0 spiro atoms. The Balaban J connectivity index is 1.87. The maximum atomic E-state index is 5.78. The molecule has 20 heavy (non-hydrogen) atoms. The molecule has 0 amide bonds. The van der Waals surface area contributed by atoms with Gasteiger partial charge in [-0.1, -0.05) is 38.1 Å². The van der Waals surface area contributed by atoms with Gasteiger partial charge < -0.3 is 10.1 Å². The van der Waals surface area contributed by atoms with Gasteiger partial charge >= 0.3 is 0 Å². The van der Waals surface area contributed by atoms with Gasteiger partial charge in [0.2, 0.25) is 0 Å². The lowest BCUT2D eigenvalue weighted by molar-refractivity contribution is 0.103. The minimum atomic E-state index is 0.573. The molecule has 2 nitrogen and oxygen atoms in total. The fraction of sp³-hybridized carbons (Fsp3) is 0.667. The highest BCUT2D eigenvalue weighted by Gasteiger charge is 2.22. The van der Waals surface area contributed by atoms with Gasteiger partial charge in [0.05, 0.1) is 0 Å². The number of nitrogens with one attached hydrogen (secondary N) is 1. The predicted molar refractivity (Wildman–Crippen MR) is 85.2 cm³/mol. The molecule has 1 atom stereocenters. The standard InChI is InChI=1S/C18H29NO/c1-14(2)13-20-11-10-16(12-19-17-8-9-17)18-7-5-4-6-15(18)3/h4-7,14,16-17,19H,8-13H2,1-3H3. The Hall–Kier alpha value is -0.860. The highest BCUT2D eigenvalue weighted by molar-refractivity contribution is 5.29. The van der Waals surface area contributed by atoms with Crippen molar-refractivity contribution >= 4 is 0 Å². The Morgan fingerprint density at radius 3 is 2.65 bits per heavy atom. The van der Waals surface area contributed by atoms with Crippen molar-refractivity contribution in [1.82, 2.24) is 5.32 Å². The van der Waals surface area contributed by atoms with Crippen LogP contribution < -0.4 is 5.32 Å². The van der Waals surface area contributed by atoms with Crippen LogP contribution in [-0.2, 0) is 4.74 Å². The first-order chi connectivity index (χ1) is 9.66. The van der Waals surface area contributed by atoms with Crippen molar-refractivity contribution in [3.8, 4) is 0 Å². The van der Waals surface area contributed by atoms with E-state index in [1.54, 1.807) is 0 Å². The van der Waals surface area contributed by atoms with E-state index in [-0.39, 0.29) is 0 Å². The van der Waals surface area contributed by atoms with Gasteiger partial charge in [-0.3, -0.25) is 0 Å². The van der Waals surface area contributed by atoms with Gasteiger partial charge in [-0.2, -0.15) is 0 Å². The summed E-state index contributed by atoms with van der Waals surface area (Å²) >= 11 is 0. The molecule has 0 bridgehead atoms. The van der Waals surface area contributed by atoms with Gasteiger partial charge in [-0.25, -0.2) is 0 Å². The summed E-state index contributed by atoms with van der Waals surface area (Å²) in [6.45, 7) is 9.44. The summed E-state index contributed by atoms with van der Waals surface area (Å²) in [5.41, 5.74) is 2.88. The van der Waals surface area contributed by atoms with Gasteiger partial charge in [0.15, 0.2) is 0 Å². The lowest BCUT2D eigenvalue weighted by atomic mass is 9.92. The van der Waals surface area contributed by atoms with E-state index in [4.69, 9.17) is 4.74 Å². The molecule has 1 aliphatic rings. The van der Waals surface area contributed by atoms with E-state index in [0.29, 0.717) is 11.8 Å². The van der Waals surface area contributed by atoms with Crippen molar-refractivity contribution in [3.05, 3.63) is 35.4 Å². The second-order valence-corrected chi connectivity index (χ2v) is 6.49. The molecule has 0 aliphatic heterocycles. The van der Waals surface area contributed by atoms with Crippen molar-refractivity contribution in [2.45, 2.75) is 52.0 Å². The lowest BCUT2D eigenvalue weighted by Crippen LogP contribution is -2.25. The normalized spacial score (nSPS) is 16.6. The Morgan fingerprint density at radius 1 is 1.25 bits per heavy atom. The van der Waals surface area contributed by atoms with Crippen molar-refractivity contribution in [3.63, 3.8) is 0 Å². The van der Waals surface area contributed by atoms with Crippen LogP contribution in [0.5, 0.6) is 0 Å². The number of hydrogen-bond acceptors (Lipinski definition) is 2. The van der Waals surface area contributed by atoms with E-state index >= 15 is 0 Å². The van der Waals surface area contributed by atoms with E-state index < -0.39 is 0 Å². The quantitative estimate of drug-likeness (QED) is 0.690. The number of ether oxygens (including phenoxy) is 1. The second kappa shape index (κ2) is 7.80. The largest absolute Gasteiger partial charge is 0.381 e. The highest BCUT2D eigenvalue weighted by Crippen LogP contribution is 2.25. The molecule has 2 heteroatoms. The molecule has 1 unspecified atom stereocenters. The van der Waals surface area contributed by atoms with Gasteiger partial charge in [-0.05, 0) is 49.1 Å². The van der Waals surface area contributed by atoms with Gasteiger partial charge in [0, 0.05) is 25.8 Å². The maximum Gasteiger partial charge on any atom is 0.0488 e. The first kappa shape index (κ1) is 15.5. The zero-order valence-corrected chi connectivity index (χ0v) is 13.2. The summed E-state index contributed by atoms with van der Waals surface area (Å²) in [6.07, 6.45) is 3.81. The second-order valence-electron chi connectivity index (χ2n) is 6.49. The number of benzene rings is 1.